The SMILES string of the molecule is Cc1c(C(=O)N2CCCCC2C(C)N)cnn1-c1cccc(Cl)c1. The molecule has 1 aromatic heterocycles. The van der Waals surface area contributed by atoms with Gasteiger partial charge < -0.3 is 10.6 Å². The molecule has 0 aliphatic carbocycles. The third-order valence-corrected chi connectivity index (χ3v) is 4.95. The number of nitrogens with two attached hydrogens (primary N) is 1. The van der Waals surface area contributed by atoms with Gasteiger partial charge in [0.2, 0.25) is 0 Å². The molecule has 5 nitrogen and oxygen atoms in total. The molecule has 1 aromatic carbocycles. The van der Waals surface area contributed by atoms with Gasteiger partial charge in [-0.15, -0.1) is 0 Å². The molecule has 2 atom stereocenters. The van der Waals surface area contributed by atoms with E-state index in [9.17, 15) is 4.79 Å². The number of hydrogen-bond donors (Lipinski definition) is 1. The van der Waals surface area contributed by atoms with E-state index in [1.165, 1.54) is 0 Å². The van der Waals surface area contributed by atoms with Crippen LogP contribution in [-0.2, 0) is 0 Å². The number of likely N-dealkylation sites (tertiary alicyclic amines) is 1. The number of amides is 1. The van der Waals surface area contributed by atoms with Crippen LogP contribution in [0.4, 0.5) is 0 Å². The number of halogens is 1. The maximum Gasteiger partial charge on any atom is 0.257 e. The van der Waals surface area contributed by atoms with Gasteiger partial charge in [-0.1, -0.05) is 17.7 Å². The van der Waals surface area contributed by atoms with E-state index in [-0.39, 0.29) is 18.0 Å². The molecule has 1 aliphatic heterocycles. The third kappa shape index (κ3) is 3.19. The average Bonchev–Trinajstić information content (AvgIpc) is 2.95. The van der Waals surface area contributed by atoms with Gasteiger partial charge >= 0.3 is 0 Å². The van der Waals surface area contributed by atoms with Crippen molar-refractivity contribution in [1.82, 2.24) is 14.7 Å². The highest BCUT2D eigenvalue weighted by Gasteiger charge is 2.31. The van der Waals surface area contributed by atoms with Crippen molar-refractivity contribution in [1.29, 1.82) is 0 Å². The van der Waals surface area contributed by atoms with Gasteiger partial charge in [0.1, 0.15) is 0 Å². The average molecular weight is 347 g/mol. The monoisotopic (exact) mass is 346 g/mol. The smallest absolute Gasteiger partial charge is 0.257 e. The normalized spacial score (nSPS) is 19.3. The van der Waals surface area contributed by atoms with Crippen LogP contribution in [0.2, 0.25) is 5.02 Å². The maximum atomic E-state index is 13.0. The summed E-state index contributed by atoms with van der Waals surface area (Å²) >= 11 is 6.06. The molecule has 1 amide bonds. The summed E-state index contributed by atoms with van der Waals surface area (Å²) in [7, 11) is 0. The first-order chi connectivity index (χ1) is 11.5. The first kappa shape index (κ1) is 17.0. The largest absolute Gasteiger partial charge is 0.334 e. The number of benzene rings is 1. The first-order valence-corrected chi connectivity index (χ1v) is 8.74. The standard InChI is InChI=1S/C18H23ClN4O/c1-12(20)17-8-3-4-9-22(17)18(24)16-11-21-23(13(16)2)15-7-5-6-14(19)10-15/h5-7,10-12,17H,3-4,8-9,20H2,1-2H3. The Kier molecular flexibility index (Phi) is 4.92. The van der Waals surface area contributed by atoms with Gasteiger partial charge in [-0.2, -0.15) is 5.10 Å². The number of piperidine rings is 1. The van der Waals surface area contributed by atoms with E-state index in [0.29, 0.717) is 10.6 Å². The van der Waals surface area contributed by atoms with Gasteiger partial charge in [0, 0.05) is 23.7 Å². The Morgan fingerprint density at radius 3 is 2.92 bits per heavy atom. The first-order valence-electron chi connectivity index (χ1n) is 8.36. The van der Waals surface area contributed by atoms with Crippen LogP contribution in [0.25, 0.3) is 5.69 Å². The lowest BCUT2D eigenvalue weighted by atomic mass is 9.96. The molecule has 24 heavy (non-hydrogen) atoms. The maximum absolute atomic E-state index is 13.0. The molecule has 3 rings (SSSR count). The van der Waals surface area contributed by atoms with Crippen LogP contribution in [0.15, 0.2) is 30.5 Å². The van der Waals surface area contributed by atoms with Crippen molar-refractivity contribution in [3.63, 3.8) is 0 Å². The number of hydrogen-bond acceptors (Lipinski definition) is 3. The minimum absolute atomic E-state index is 0.0165. The van der Waals surface area contributed by atoms with Gasteiger partial charge in [0.05, 0.1) is 23.1 Å². The van der Waals surface area contributed by atoms with Gasteiger partial charge in [-0.3, -0.25) is 4.79 Å². The van der Waals surface area contributed by atoms with E-state index < -0.39 is 0 Å². The molecule has 0 saturated carbocycles. The molecule has 128 valence electrons. The van der Waals surface area contributed by atoms with E-state index in [0.717, 1.165) is 37.2 Å². The predicted molar refractivity (Wildman–Crippen MR) is 95.6 cm³/mol. The zero-order chi connectivity index (χ0) is 17.3. The molecule has 0 spiro atoms. The predicted octanol–water partition coefficient (Wildman–Crippen LogP) is 3.18. The van der Waals surface area contributed by atoms with Gasteiger partial charge in [-0.25, -0.2) is 4.68 Å². The molecule has 2 N–H and O–H groups in total. The summed E-state index contributed by atoms with van der Waals surface area (Å²) in [6.45, 7) is 4.64. The van der Waals surface area contributed by atoms with Crippen molar-refractivity contribution in [3.05, 3.63) is 46.7 Å². The quantitative estimate of drug-likeness (QED) is 0.928. The molecule has 0 radical (unpaired) electrons. The van der Waals surface area contributed by atoms with Crippen LogP contribution in [0.5, 0.6) is 0 Å². The summed E-state index contributed by atoms with van der Waals surface area (Å²) in [5, 5.41) is 5.03. The van der Waals surface area contributed by atoms with Crippen LogP contribution >= 0.6 is 11.6 Å². The van der Waals surface area contributed by atoms with E-state index in [1.807, 2.05) is 43.0 Å². The van der Waals surface area contributed by atoms with Crippen molar-refractivity contribution < 1.29 is 4.79 Å². The zero-order valence-corrected chi connectivity index (χ0v) is 14.8. The Hall–Kier alpha value is -1.85. The summed E-state index contributed by atoms with van der Waals surface area (Å²) in [6.07, 6.45) is 4.75. The molecule has 1 fully saturated rings. The Labute approximate surface area is 147 Å². The third-order valence-electron chi connectivity index (χ3n) is 4.71. The van der Waals surface area contributed by atoms with Crippen LogP contribution in [-0.4, -0.2) is 39.2 Å². The van der Waals surface area contributed by atoms with E-state index in [1.54, 1.807) is 10.9 Å². The summed E-state index contributed by atoms with van der Waals surface area (Å²) in [4.78, 5) is 15.0. The fraction of sp³-hybridized carbons (Fsp3) is 0.444. The highest BCUT2D eigenvalue weighted by Crippen LogP contribution is 2.24. The minimum atomic E-state index is -0.0301. The van der Waals surface area contributed by atoms with Gasteiger partial charge in [0.15, 0.2) is 0 Å². The van der Waals surface area contributed by atoms with Gasteiger partial charge in [0.25, 0.3) is 5.91 Å². The lowest BCUT2D eigenvalue weighted by Gasteiger charge is -2.38. The van der Waals surface area contributed by atoms with Crippen molar-refractivity contribution in [3.8, 4) is 5.69 Å². The lowest BCUT2D eigenvalue weighted by molar-refractivity contribution is 0.0583. The van der Waals surface area contributed by atoms with E-state index in [2.05, 4.69) is 5.10 Å². The van der Waals surface area contributed by atoms with Crippen molar-refractivity contribution in [2.45, 2.75) is 45.2 Å². The fourth-order valence-electron chi connectivity index (χ4n) is 3.40. The van der Waals surface area contributed by atoms with E-state index >= 15 is 0 Å². The van der Waals surface area contributed by atoms with Crippen molar-refractivity contribution in [2.75, 3.05) is 6.54 Å². The summed E-state index contributed by atoms with van der Waals surface area (Å²) in [5.74, 6) is 0.0165. The molecule has 1 saturated heterocycles. The fourth-order valence-corrected chi connectivity index (χ4v) is 3.58. The highest BCUT2D eigenvalue weighted by atomic mass is 35.5. The molecule has 6 heteroatoms. The minimum Gasteiger partial charge on any atom is -0.334 e. The molecular formula is C18H23ClN4O. The van der Waals surface area contributed by atoms with E-state index in [4.69, 9.17) is 17.3 Å². The summed E-state index contributed by atoms with van der Waals surface area (Å²) in [5.41, 5.74) is 8.39. The van der Waals surface area contributed by atoms with Crippen molar-refractivity contribution in [2.24, 2.45) is 5.73 Å². The Morgan fingerprint density at radius 2 is 2.21 bits per heavy atom. The molecular weight excluding hydrogens is 324 g/mol. The number of nitrogens with zero attached hydrogens (tertiary/aromatic N) is 3. The van der Waals surface area contributed by atoms with Crippen LogP contribution in [0.3, 0.4) is 0 Å². The molecule has 2 heterocycles. The number of rotatable bonds is 3. The van der Waals surface area contributed by atoms with Crippen LogP contribution in [0, 0.1) is 6.92 Å². The number of carbonyl (C=O) groups excluding carboxylic acids is 1. The second-order valence-corrected chi connectivity index (χ2v) is 6.89. The molecule has 2 unspecified atom stereocenters. The molecule has 2 aromatic rings. The summed E-state index contributed by atoms with van der Waals surface area (Å²) < 4.78 is 1.75. The Bertz CT molecular complexity index is 740. The lowest BCUT2D eigenvalue weighted by Crippen LogP contribution is -2.51. The second kappa shape index (κ2) is 6.95. The van der Waals surface area contributed by atoms with Crippen molar-refractivity contribution >= 4 is 17.5 Å². The number of aromatic nitrogens is 2. The van der Waals surface area contributed by atoms with Gasteiger partial charge in [-0.05, 0) is 51.3 Å². The van der Waals surface area contributed by atoms with Crippen LogP contribution < -0.4 is 5.73 Å². The summed E-state index contributed by atoms with van der Waals surface area (Å²) in [6, 6.07) is 7.51. The zero-order valence-electron chi connectivity index (χ0n) is 14.1. The van der Waals surface area contributed by atoms with Crippen LogP contribution in [0.1, 0.15) is 42.2 Å². The molecule has 1 aliphatic rings. The molecule has 0 bridgehead atoms. The Morgan fingerprint density at radius 1 is 1.42 bits per heavy atom. The topological polar surface area (TPSA) is 64.2 Å². The Balaban J connectivity index is 1.91. The highest BCUT2D eigenvalue weighted by molar-refractivity contribution is 6.30. The second-order valence-electron chi connectivity index (χ2n) is 6.46. The number of carbonyl (C=O) groups is 1.